The minimum atomic E-state index is -0.0289. The molecule has 0 saturated carbocycles. The SMILES string of the molecule is CCCCCCCC(=O)OCCCC1CCCO1. The molecule has 1 aliphatic heterocycles. The largest absolute Gasteiger partial charge is 0.466 e. The molecule has 1 atom stereocenters. The predicted molar refractivity (Wildman–Crippen MR) is 72.5 cm³/mol. The lowest BCUT2D eigenvalue weighted by atomic mass is 10.1. The van der Waals surface area contributed by atoms with E-state index < -0.39 is 0 Å². The molecular formula is C15H28O3. The first-order valence-corrected chi connectivity index (χ1v) is 7.60. The minimum absolute atomic E-state index is 0.0289. The normalized spacial score (nSPS) is 19.1. The summed E-state index contributed by atoms with van der Waals surface area (Å²) in [6.45, 7) is 3.66. The molecule has 0 bridgehead atoms. The molecule has 0 radical (unpaired) electrons. The molecule has 0 spiro atoms. The summed E-state index contributed by atoms with van der Waals surface area (Å²) in [6, 6.07) is 0. The second-order valence-corrected chi connectivity index (χ2v) is 5.16. The van der Waals surface area contributed by atoms with Crippen molar-refractivity contribution in [3.63, 3.8) is 0 Å². The fourth-order valence-electron chi connectivity index (χ4n) is 2.31. The lowest BCUT2D eigenvalue weighted by molar-refractivity contribution is -0.144. The van der Waals surface area contributed by atoms with Crippen LogP contribution in [0.1, 0.15) is 71.1 Å². The van der Waals surface area contributed by atoms with E-state index in [9.17, 15) is 4.79 Å². The van der Waals surface area contributed by atoms with Crippen LogP contribution in [0.4, 0.5) is 0 Å². The third-order valence-corrected chi connectivity index (χ3v) is 3.44. The second-order valence-electron chi connectivity index (χ2n) is 5.16. The van der Waals surface area contributed by atoms with Crippen molar-refractivity contribution < 1.29 is 14.3 Å². The zero-order valence-electron chi connectivity index (χ0n) is 11.8. The fraction of sp³-hybridized carbons (Fsp3) is 0.933. The van der Waals surface area contributed by atoms with Crippen molar-refractivity contribution in [3.8, 4) is 0 Å². The maximum atomic E-state index is 11.4. The van der Waals surface area contributed by atoms with Gasteiger partial charge in [-0.1, -0.05) is 32.6 Å². The van der Waals surface area contributed by atoms with E-state index in [0.29, 0.717) is 19.1 Å². The summed E-state index contributed by atoms with van der Waals surface area (Å²) in [6.07, 6.45) is 11.2. The van der Waals surface area contributed by atoms with Crippen LogP contribution in [0.25, 0.3) is 0 Å². The summed E-state index contributed by atoms with van der Waals surface area (Å²) >= 11 is 0. The highest BCUT2D eigenvalue weighted by molar-refractivity contribution is 5.69. The van der Waals surface area contributed by atoms with E-state index in [2.05, 4.69) is 6.92 Å². The Hall–Kier alpha value is -0.570. The summed E-state index contributed by atoms with van der Waals surface area (Å²) < 4.78 is 10.7. The summed E-state index contributed by atoms with van der Waals surface area (Å²) in [7, 11) is 0. The van der Waals surface area contributed by atoms with Crippen LogP contribution in [-0.4, -0.2) is 25.3 Å². The zero-order chi connectivity index (χ0) is 13.1. The summed E-state index contributed by atoms with van der Waals surface area (Å²) in [5, 5.41) is 0. The molecular weight excluding hydrogens is 228 g/mol. The van der Waals surface area contributed by atoms with Gasteiger partial charge in [-0.15, -0.1) is 0 Å². The van der Waals surface area contributed by atoms with Gasteiger partial charge < -0.3 is 9.47 Å². The lowest BCUT2D eigenvalue weighted by Crippen LogP contribution is -2.09. The van der Waals surface area contributed by atoms with Crippen molar-refractivity contribution in [2.24, 2.45) is 0 Å². The number of unbranched alkanes of at least 4 members (excludes halogenated alkanes) is 4. The van der Waals surface area contributed by atoms with E-state index in [-0.39, 0.29) is 5.97 Å². The Morgan fingerprint density at radius 3 is 2.78 bits per heavy atom. The predicted octanol–water partition coefficient (Wildman–Crippen LogP) is 3.85. The van der Waals surface area contributed by atoms with Crippen molar-refractivity contribution in [1.82, 2.24) is 0 Å². The molecule has 1 aliphatic rings. The van der Waals surface area contributed by atoms with Gasteiger partial charge in [-0.2, -0.15) is 0 Å². The van der Waals surface area contributed by atoms with Crippen molar-refractivity contribution in [2.75, 3.05) is 13.2 Å². The molecule has 3 heteroatoms. The molecule has 0 aliphatic carbocycles. The smallest absolute Gasteiger partial charge is 0.305 e. The number of esters is 1. The lowest BCUT2D eigenvalue weighted by Gasteiger charge is -2.09. The molecule has 3 nitrogen and oxygen atoms in total. The third kappa shape index (κ3) is 7.70. The van der Waals surface area contributed by atoms with Crippen LogP contribution in [0.2, 0.25) is 0 Å². The van der Waals surface area contributed by atoms with Crippen molar-refractivity contribution >= 4 is 5.97 Å². The van der Waals surface area contributed by atoms with Crippen LogP contribution >= 0.6 is 0 Å². The van der Waals surface area contributed by atoms with E-state index in [1.54, 1.807) is 0 Å². The molecule has 18 heavy (non-hydrogen) atoms. The minimum Gasteiger partial charge on any atom is -0.466 e. The first kappa shape index (κ1) is 15.5. The van der Waals surface area contributed by atoms with Gasteiger partial charge in [0, 0.05) is 13.0 Å². The molecule has 1 rings (SSSR count). The Morgan fingerprint density at radius 1 is 1.22 bits per heavy atom. The average Bonchev–Trinajstić information content (AvgIpc) is 2.87. The number of ether oxygens (including phenoxy) is 2. The number of hydrogen-bond acceptors (Lipinski definition) is 3. The Balaban J connectivity index is 1.84. The molecule has 0 aromatic heterocycles. The summed E-state index contributed by atoms with van der Waals surface area (Å²) in [5.74, 6) is -0.0289. The number of hydrogen-bond donors (Lipinski definition) is 0. The molecule has 0 aromatic carbocycles. The molecule has 1 heterocycles. The van der Waals surface area contributed by atoms with E-state index in [1.165, 1.54) is 32.1 Å². The average molecular weight is 256 g/mol. The first-order chi connectivity index (χ1) is 8.83. The van der Waals surface area contributed by atoms with Crippen molar-refractivity contribution in [3.05, 3.63) is 0 Å². The van der Waals surface area contributed by atoms with E-state index >= 15 is 0 Å². The maximum absolute atomic E-state index is 11.4. The zero-order valence-corrected chi connectivity index (χ0v) is 11.8. The van der Waals surface area contributed by atoms with E-state index in [1.807, 2.05) is 0 Å². The Labute approximate surface area is 111 Å². The second kappa shape index (κ2) is 10.4. The highest BCUT2D eigenvalue weighted by atomic mass is 16.5. The van der Waals surface area contributed by atoms with Crippen LogP contribution in [0.5, 0.6) is 0 Å². The van der Waals surface area contributed by atoms with Gasteiger partial charge in [0.15, 0.2) is 0 Å². The molecule has 0 aromatic rings. The van der Waals surface area contributed by atoms with Crippen LogP contribution in [0, 0.1) is 0 Å². The third-order valence-electron chi connectivity index (χ3n) is 3.44. The van der Waals surface area contributed by atoms with Gasteiger partial charge in [-0.3, -0.25) is 4.79 Å². The monoisotopic (exact) mass is 256 g/mol. The highest BCUT2D eigenvalue weighted by Gasteiger charge is 2.14. The van der Waals surface area contributed by atoms with E-state index in [4.69, 9.17) is 9.47 Å². The van der Waals surface area contributed by atoms with Crippen LogP contribution in [-0.2, 0) is 14.3 Å². The van der Waals surface area contributed by atoms with Crippen molar-refractivity contribution in [1.29, 1.82) is 0 Å². The van der Waals surface area contributed by atoms with Gasteiger partial charge in [0.25, 0.3) is 0 Å². The summed E-state index contributed by atoms with van der Waals surface area (Å²) in [5.41, 5.74) is 0. The number of carbonyl (C=O) groups is 1. The molecule has 106 valence electrons. The standard InChI is InChI=1S/C15H28O3/c1-2-3-4-5-6-11-15(16)18-13-8-10-14-9-7-12-17-14/h14H,2-13H2,1H3. The maximum Gasteiger partial charge on any atom is 0.305 e. The molecule has 0 amide bonds. The Kier molecular flexibility index (Phi) is 8.92. The molecule has 1 saturated heterocycles. The molecule has 1 unspecified atom stereocenters. The quantitative estimate of drug-likeness (QED) is 0.440. The van der Waals surface area contributed by atoms with Gasteiger partial charge >= 0.3 is 5.97 Å². The van der Waals surface area contributed by atoms with Crippen molar-refractivity contribution in [2.45, 2.75) is 77.2 Å². The van der Waals surface area contributed by atoms with Crippen LogP contribution < -0.4 is 0 Å². The number of carbonyl (C=O) groups excluding carboxylic acids is 1. The number of rotatable bonds is 10. The van der Waals surface area contributed by atoms with Gasteiger partial charge in [0.1, 0.15) is 0 Å². The van der Waals surface area contributed by atoms with Crippen LogP contribution in [0.15, 0.2) is 0 Å². The topological polar surface area (TPSA) is 35.5 Å². The highest BCUT2D eigenvalue weighted by Crippen LogP contribution is 2.16. The summed E-state index contributed by atoms with van der Waals surface area (Å²) in [4.78, 5) is 11.4. The van der Waals surface area contributed by atoms with Gasteiger partial charge in [0.05, 0.1) is 12.7 Å². The van der Waals surface area contributed by atoms with E-state index in [0.717, 1.165) is 32.3 Å². The fourth-order valence-corrected chi connectivity index (χ4v) is 2.31. The Bertz CT molecular complexity index is 210. The Morgan fingerprint density at radius 2 is 2.06 bits per heavy atom. The van der Waals surface area contributed by atoms with Crippen LogP contribution in [0.3, 0.4) is 0 Å². The van der Waals surface area contributed by atoms with Gasteiger partial charge in [-0.25, -0.2) is 0 Å². The van der Waals surface area contributed by atoms with Gasteiger partial charge in [0.2, 0.25) is 0 Å². The molecule has 0 N–H and O–H groups in total. The molecule has 1 fully saturated rings. The first-order valence-electron chi connectivity index (χ1n) is 7.60. The van der Waals surface area contributed by atoms with Gasteiger partial charge in [-0.05, 0) is 32.1 Å².